The first kappa shape index (κ1) is 15.2. The van der Waals surface area contributed by atoms with E-state index in [1.165, 1.54) is 0 Å². The van der Waals surface area contributed by atoms with E-state index in [0.29, 0.717) is 19.6 Å². The molecule has 3 N–H and O–H groups in total. The van der Waals surface area contributed by atoms with Gasteiger partial charge in [0.25, 0.3) is 0 Å². The molecule has 0 aromatic rings. The molecule has 0 saturated carbocycles. The van der Waals surface area contributed by atoms with E-state index in [1.807, 2.05) is 27.7 Å². The number of rotatable bonds is 4. The third-order valence-electron chi connectivity index (χ3n) is 2.32. The quantitative estimate of drug-likeness (QED) is 0.772. The average Bonchev–Trinajstić information content (AvgIpc) is 2.11. The Morgan fingerprint density at radius 3 is 2.06 bits per heavy atom. The number of hydrogen-bond acceptors (Lipinski definition) is 2. The summed E-state index contributed by atoms with van der Waals surface area (Å²) in [6, 6.07) is -0.0171. The number of carbonyl (C=O) groups is 1. The van der Waals surface area contributed by atoms with Gasteiger partial charge >= 0.3 is 6.03 Å². The number of amides is 2. The summed E-state index contributed by atoms with van der Waals surface area (Å²) in [7, 11) is 0. The van der Waals surface area contributed by atoms with Gasteiger partial charge in [-0.05, 0) is 39.7 Å². The minimum atomic E-state index is -0.197. The van der Waals surface area contributed by atoms with E-state index in [4.69, 9.17) is 5.73 Å². The van der Waals surface area contributed by atoms with Gasteiger partial charge in [0.2, 0.25) is 0 Å². The minimum absolute atomic E-state index is 0.0171. The van der Waals surface area contributed by atoms with Crippen molar-refractivity contribution >= 4 is 6.03 Å². The van der Waals surface area contributed by atoms with Crippen LogP contribution in [-0.4, -0.2) is 36.1 Å². The highest BCUT2D eigenvalue weighted by Crippen LogP contribution is 2.15. The molecule has 0 unspecified atom stereocenters. The fourth-order valence-electron chi connectivity index (χ4n) is 1.31. The summed E-state index contributed by atoms with van der Waals surface area (Å²) < 4.78 is 0. The standard InChI is InChI=1S/C12H27N3O/c1-7-15(9-12(5,6)8-13)10(16)14-11(2,3)4/h7-9,13H2,1-6H3,(H,14,16). The van der Waals surface area contributed by atoms with Gasteiger partial charge in [-0.15, -0.1) is 0 Å². The molecule has 0 saturated heterocycles. The Balaban J connectivity index is 4.45. The molecule has 96 valence electrons. The number of nitrogens with one attached hydrogen (secondary N) is 1. The lowest BCUT2D eigenvalue weighted by molar-refractivity contribution is 0.166. The second kappa shape index (κ2) is 5.53. The number of hydrogen-bond donors (Lipinski definition) is 2. The van der Waals surface area contributed by atoms with Crippen LogP contribution in [-0.2, 0) is 0 Å². The molecule has 0 bridgehead atoms. The van der Waals surface area contributed by atoms with Crippen LogP contribution in [0.3, 0.4) is 0 Å². The van der Waals surface area contributed by atoms with E-state index >= 15 is 0 Å². The van der Waals surface area contributed by atoms with Crippen LogP contribution >= 0.6 is 0 Å². The average molecular weight is 229 g/mol. The molecule has 16 heavy (non-hydrogen) atoms. The first-order chi connectivity index (χ1) is 7.11. The highest BCUT2D eigenvalue weighted by Gasteiger charge is 2.24. The molecule has 4 nitrogen and oxygen atoms in total. The smallest absolute Gasteiger partial charge is 0.317 e. The lowest BCUT2D eigenvalue weighted by atomic mass is 9.93. The topological polar surface area (TPSA) is 58.4 Å². The van der Waals surface area contributed by atoms with E-state index in [2.05, 4.69) is 19.2 Å². The van der Waals surface area contributed by atoms with Gasteiger partial charge in [0.15, 0.2) is 0 Å². The normalized spacial score (nSPS) is 12.4. The third kappa shape index (κ3) is 5.95. The zero-order valence-corrected chi connectivity index (χ0v) is 11.6. The first-order valence-corrected chi connectivity index (χ1v) is 5.88. The highest BCUT2D eigenvalue weighted by atomic mass is 16.2. The van der Waals surface area contributed by atoms with Crippen LogP contribution in [0.1, 0.15) is 41.5 Å². The monoisotopic (exact) mass is 229 g/mol. The van der Waals surface area contributed by atoms with Crippen molar-refractivity contribution in [3.63, 3.8) is 0 Å². The summed E-state index contributed by atoms with van der Waals surface area (Å²) in [4.78, 5) is 13.8. The van der Waals surface area contributed by atoms with Gasteiger partial charge in [0.05, 0.1) is 0 Å². The van der Waals surface area contributed by atoms with Crippen LogP contribution < -0.4 is 11.1 Å². The van der Waals surface area contributed by atoms with Gasteiger partial charge in [0, 0.05) is 18.6 Å². The predicted molar refractivity (Wildman–Crippen MR) is 68.4 cm³/mol. The number of nitrogens with zero attached hydrogens (tertiary/aromatic N) is 1. The van der Waals surface area contributed by atoms with Crippen LogP contribution in [0.2, 0.25) is 0 Å². The summed E-state index contributed by atoms with van der Waals surface area (Å²) in [5.41, 5.74) is 5.44. The Morgan fingerprint density at radius 1 is 1.25 bits per heavy atom. The maximum absolute atomic E-state index is 12.0. The van der Waals surface area contributed by atoms with Crippen LogP contribution in [0, 0.1) is 5.41 Å². The molecule has 0 radical (unpaired) electrons. The van der Waals surface area contributed by atoms with Gasteiger partial charge in [-0.1, -0.05) is 13.8 Å². The van der Waals surface area contributed by atoms with Crippen molar-refractivity contribution in [1.29, 1.82) is 0 Å². The second-order valence-electron chi connectivity index (χ2n) is 6.06. The molecular formula is C12H27N3O. The molecule has 0 atom stereocenters. The Labute approximate surface area is 99.6 Å². The van der Waals surface area contributed by atoms with Crippen LogP contribution in [0.4, 0.5) is 4.79 Å². The molecule has 2 amide bonds. The second-order valence-corrected chi connectivity index (χ2v) is 6.06. The van der Waals surface area contributed by atoms with Crippen molar-refractivity contribution in [2.75, 3.05) is 19.6 Å². The summed E-state index contributed by atoms with van der Waals surface area (Å²) in [5, 5.41) is 2.96. The summed E-state index contributed by atoms with van der Waals surface area (Å²) in [6.07, 6.45) is 0. The number of urea groups is 1. The molecule has 0 heterocycles. The van der Waals surface area contributed by atoms with Crippen molar-refractivity contribution < 1.29 is 4.79 Å². The highest BCUT2D eigenvalue weighted by molar-refractivity contribution is 5.74. The summed E-state index contributed by atoms with van der Waals surface area (Å²) in [6.45, 7) is 14.0. The summed E-state index contributed by atoms with van der Waals surface area (Å²) >= 11 is 0. The molecule has 0 aromatic carbocycles. The van der Waals surface area contributed by atoms with E-state index < -0.39 is 0 Å². The fourth-order valence-corrected chi connectivity index (χ4v) is 1.31. The van der Waals surface area contributed by atoms with E-state index in [9.17, 15) is 4.79 Å². The van der Waals surface area contributed by atoms with Gasteiger partial charge in [-0.2, -0.15) is 0 Å². The molecule has 0 aliphatic heterocycles. The molecule has 0 aliphatic rings. The Bertz CT molecular complexity index is 231. The van der Waals surface area contributed by atoms with Crippen molar-refractivity contribution in [3.05, 3.63) is 0 Å². The maximum Gasteiger partial charge on any atom is 0.317 e. The van der Waals surface area contributed by atoms with Crippen molar-refractivity contribution in [3.8, 4) is 0 Å². The molecule has 0 aromatic heterocycles. The molecular weight excluding hydrogens is 202 g/mol. The number of carbonyl (C=O) groups excluding carboxylic acids is 1. The number of nitrogens with two attached hydrogens (primary N) is 1. The lowest BCUT2D eigenvalue weighted by Gasteiger charge is -2.33. The first-order valence-electron chi connectivity index (χ1n) is 5.88. The molecule has 0 aliphatic carbocycles. The Kier molecular flexibility index (Phi) is 5.26. The zero-order chi connectivity index (χ0) is 13.0. The minimum Gasteiger partial charge on any atom is -0.333 e. The molecule has 0 rings (SSSR count). The van der Waals surface area contributed by atoms with E-state index in [0.717, 1.165) is 0 Å². The maximum atomic E-state index is 12.0. The summed E-state index contributed by atoms with van der Waals surface area (Å²) in [5.74, 6) is 0. The largest absolute Gasteiger partial charge is 0.333 e. The van der Waals surface area contributed by atoms with E-state index in [1.54, 1.807) is 4.90 Å². The van der Waals surface area contributed by atoms with Crippen molar-refractivity contribution in [2.45, 2.75) is 47.1 Å². The third-order valence-corrected chi connectivity index (χ3v) is 2.32. The molecule has 0 fully saturated rings. The van der Waals surface area contributed by atoms with Gasteiger partial charge in [0.1, 0.15) is 0 Å². The lowest BCUT2D eigenvalue weighted by Crippen LogP contribution is -2.51. The van der Waals surface area contributed by atoms with Crippen molar-refractivity contribution in [1.82, 2.24) is 10.2 Å². The predicted octanol–water partition coefficient (Wildman–Crippen LogP) is 1.80. The molecule has 0 spiro atoms. The van der Waals surface area contributed by atoms with E-state index in [-0.39, 0.29) is 17.0 Å². The van der Waals surface area contributed by atoms with Crippen LogP contribution in [0.15, 0.2) is 0 Å². The van der Waals surface area contributed by atoms with Crippen LogP contribution in [0.25, 0.3) is 0 Å². The SMILES string of the molecule is CCN(CC(C)(C)CN)C(=O)NC(C)(C)C. The van der Waals surface area contributed by atoms with Gasteiger partial charge < -0.3 is 16.0 Å². The van der Waals surface area contributed by atoms with Crippen LogP contribution in [0.5, 0.6) is 0 Å². The zero-order valence-electron chi connectivity index (χ0n) is 11.6. The van der Waals surface area contributed by atoms with Gasteiger partial charge in [-0.25, -0.2) is 4.79 Å². The van der Waals surface area contributed by atoms with Gasteiger partial charge in [-0.3, -0.25) is 0 Å². The Hall–Kier alpha value is -0.770. The fraction of sp³-hybridized carbons (Fsp3) is 0.917. The van der Waals surface area contributed by atoms with Crippen molar-refractivity contribution in [2.24, 2.45) is 11.1 Å². The Morgan fingerprint density at radius 2 is 1.75 bits per heavy atom. The molecule has 4 heteroatoms.